The summed E-state index contributed by atoms with van der Waals surface area (Å²) in [5.74, 6) is 1.97. The van der Waals surface area contributed by atoms with Crippen molar-refractivity contribution in [3.63, 3.8) is 0 Å². The maximum atomic E-state index is 12.4. The van der Waals surface area contributed by atoms with Crippen LogP contribution in [0.3, 0.4) is 0 Å². The minimum absolute atomic E-state index is 0.307. The Labute approximate surface area is 208 Å². The number of pyridine rings is 1. The molecule has 5 rings (SSSR count). The first-order valence-corrected chi connectivity index (χ1v) is 11.5. The quantitative estimate of drug-likeness (QED) is 0.327. The Morgan fingerprint density at radius 3 is 2.67 bits per heavy atom. The number of carbonyl (C=O) groups is 1. The molecule has 4 aromatic rings. The van der Waals surface area contributed by atoms with Crippen LogP contribution in [0.1, 0.15) is 0 Å². The summed E-state index contributed by atoms with van der Waals surface area (Å²) >= 11 is 0. The average molecular weight is 482 g/mol. The van der Waals surface area contributed by atoms with E-state index in [1.807, 2.05) is 48.4 Å². The van der Waals surface area contributed by atoms with E-state index in [2.05, 4.69) is 30.8 Å². The SMILES string of the molecule is C#CC(=O)Nc1ccnc(-c2cccc3cnc(Nc4ccc(NC5CN(CCF)C5)cc4)nc23)c1. The third-order valence-electron chi connectivity index (χ3n) is 5.91. The van der Waals surface area contributed by atoms with Gasteiger partial charge in [0, 0.05) is 60.0 Å². The van der Waals surface area contributed by atoms with Crippen molar-refractivity contribution in [1.29, 1.82) is 0 Å². The number of anilines is 4. The molecule has 8 nitrogen and oxygen atoms in total. The number of fused-ring (bicyclic) bond motifs is 1. The van der Waals surface area contributed by atoms with E-state index in [9.17, 15) is 9.18 Å². The summed E-state index contributed by atoms with van der Waals surface area (Å²) in [7, 11) is 0. The number of nitrogens with zero attached hydrogens (tertiary/aromatic N) is 4. The summed E-state index contributed by atoms with van der Waals surface area (Å²) in [6.45, 7) is 1.90. The summed E-state index contributed by atoms with van der Waals surface area (Å²) in [6, 6.07) is 17.4. The standard InChI is InChI=1S/C27H24FN7O/c1-2-25(36)32-21-10-12-29-24(14-21)23-5-3-4-18-15-30-27(34-26(18)23)33-20-8-6-19(7-9-20)31-22-16-35(17-22)13-11-28/h1,3-10,12,14-15,22,31H,11,13,16-17H2,(H,29,32,36)(H,30,33,34). The minimum Gasteiger partial charge on any atom is -0.380 e. The van der Waals surface area contributed by atoms with Gasteiger partial charge in [-0.25, -0.2) is 14.4 Å². The Bertz CT molecular complexity index is 1430. The minimum atomic E-state index is -0.522. The summed E-state index contributed by atoms with van der Waals surface area (Å²) in [4.78, 5) is 27.3. The van der Waals surface area contributed by atoms with Crippen LogP contribution in [0.15, 0.2) is 67.0 Å². The number of likely N-dealkylation sites (tertiary alicyclic amines) is 1. The van der Waals surface area contributed by atoms with Gasteiger partial charge in [0.15, 0.2) is 0 Å². The van der Waals surface area contributed by atoms with Crippen molar-refractivity contribution in [3.05, 3.63) is 67.0 Å². The zero-order chi connectivity index (χ0) is 24.9. The van der Waals surface area contributed by atoms with Gasteiger partial charge in [-0.1, -0.05) is 18.2 Å². The van der Waals surface area contributed by atoms with E-state index in [0.29, 0.717) is 29.9 Å². The van der Waals surface area contributed by atoms with E-state index in [0.717, 1.165) is 40.9 Å². The summed E-state index contributed by atoms with van der Waals surface area (Å²) < 4.78 is 12.4. The van der Waals surface area contributed by atoms with Gasteiger partial charge in [0.05, 0.1) is 17.3 Å². The van der Waals surface area contributed by atoms with Gasteiger partial charge >= 0.3 is 0 Å². The van der Waals surface area contributed by atoms with Crippen molar-refractivity contribution in [2.24, 2.45) is 0 Å². The van der Waals surface area contributed by atoms with E-state index in [1.165, 1.54) is 0 Å². The fourth-order valence-electron chi connectivity index (χ4n) is 4.12. The highest BCUT2D eigenvalue weighted by atomic mass is 19.1. The van der Waals surface area contributed by atoms with Crippen LogP contribution < -0.4 is 16.0 Å². The fraction of sp³-hybridized carbons (Fsp3) is 0.185. The van der Waals surface area contributed by atoms with Crippen LogP contribution in [0.4, 0.5) is 27.4 Å². The molecule has 180 valence electrons. The van der Waals surface area contributed by atoms with Crippen LogP contribution >= 0.6 is 0 Å². The van der Waals surface area contributed by atoms with E-state index in [-0.39, 0.29) is 6.67 Å². The molecule has 1 aliphatic rings. The molecule has 2 aromatic carbocycles. The molecule has 0 atom stereocenters. The molecule has 1 amide bonds. The van der Waals surface area contributed by atoms with E-state index in [4.69, 9.17) is 11.4 Å². The van der Waals surface area contributed by atoms with Gasteiger partial charge in [-0.2, -0.15) is 0 Å². The Kier molecular flexibility index (Phi) is 6.69. The fourth-order valence-corrected chi connectivity index (χ4v) is 4.12. The van der Waals surface area contributed by atoms with Crippen molar-refractivity contribution in [3.8, 4) is 23.6 Å². The maximum absolute atomic E-state index is 12.4. The molecule has 3 N–H and O–H groups in total. The molecule has 9 heteroatoms. The lowest BCUT2D eigenvalue weighted by molar-refractivity contribution is -0.111. The predicted octanol–water partition coefficient (Wildman–Crippen LogP) is 4.07. The van der Waals surface area contributed by atoms with Gasteiger partial charge in [0.1, 0.15) is 6.67 Å². The Balaban J connectivity index is 1.32. The lowest BCUT2D eigenvalue weighted by Gasteiger charge is -2.39. The summed E-state index contributed by atoms with van der Waals surface area (Å²) in [5.41, 5.74) is 4.59. The first-order valence-electron chi connectivity index (χ1n) is 11.5. The molecule has 0 saturated carbocycles. The second kappa shape index (κ2) is 10.4. The van der Waals surface area contributed by atoms with Crippen molar-refractivity contribution < 1.29 is 9.18 Å². The van der Waals surface area contributed by atoms with E-state index < -0.39 is 5.91 Å². The molecule has 3 heterocycles. The van der Waals surface area contributed by atoms with Gasteiger partial charge in [-0.3, -0.25) is 14.7 Å². The molecule has 0 unspecified atom stereocenters. The first-order chi connectivity index (χ1) is 17.6. The topological polar surface area (TPSA) is 95.1 Å². The smallest absolute Gasteiger partial charge is 0.300 e. The van der Waals surface area contributed by atoms with Crippen LogP contribution in [0.2, 0.25) is 0 Å². The highest BCUT2D eigenvalue weighted by Gasteiger charge is 2.25. The molecule has 0 radical (unpaired) electrons. The van der Waals surface area contributed by atoms with Gasteiger partial charge in [-0.05, 0) is 42.3 Å². The van der Waals surface area contributed by atoms with E-state index in [1.54, 1.807) is 24.5 Å². The number of benzene rings is 2. The van der Waals surface area contributed by atoms with Crippen molar-refractivity contribution in [1.82, 2.24) is 19.9 Å². The van der Waals surface area contributed by atoms with Crippen molar-refractivity contribution in [2.75, 3.05) is 42.3 Å². The summed E-state index contributed by atoms with van der Waals surface area (Å²) in [5, 5.41) is 10.2. The molecule has 36 heavy (non-hydrogen) atoms. The second-order valence-electron chi connectivity index (χ2n) is 8.46. The summed E-state index contributed by atoms with van der Waals surface area (Å²) in [6.07, 6.45) is 8.53. The third-order valence-corrected chi connectivity index (χ3v) is 5.91. The number of hydrogen-bond donors (Lipinski definition) is 3. The largest absolute Gasteiger partial charge is 0.380 e. The lowest BCUT2D eigenvalue weighted by atomic mass is 10.1. The van der Waals surface area contributed by atoms with Crippen LogP contribution in [-0.4, -0.2) is 58.1 Å². The van der Waals surface area contributed by atoms with Gasteiger partial charge in [0.2, 0.25) is 5.95 Å². The number of hydrogen-bond acceptors (Lipinski definition) is 7. The van der Waals surface area contributed by atoms with Crippen molar-refractivity contribution in [2.45, 2.75) is 6.04 Å². The Morgan fingerprint density at radius 1 is 1.08 bits per heavy atom. The molecule has 0 bridgehead atoms. The van der Waals surface area contributed by atoms with Crippen LogP contribution in [-0.2, 0) is 4.79 Å². The molecule has 1 saturated heterocycles. The van der Waals surface area contributed by atoms with Crippen LogP contribution in [0.25, 0.3) is 22.2 Å². The second-order valence-corrected chi connectivity index (χ2v) is 8.46. The molecule has 0 spiro atoms. The number of terminal acetylenes is 1. The average Bonchev–Trinajstić information content (AvgIpc) is 2.88. The third kappa shape index (κ3) is 5.24. The zero-order valence-corrected chi connectivity index (χ0v) is 19.4. The highest BCUT2D eigenvalue weighted by molar-refractivity contribution is 6.04. The number of amides is 1. The predicted molar refractivity (Wildman–Crippen MR) is 140 cm³/mol. The molecular formula is C27H24FN7O. The van der Waals surface area contributed by atoms with E-state index >= 15 is 0 Å². The number of para-hydroxylation sites is 1. The Hall–Kier alpha value is -4.55. The van der Waals surface area contributed by atoms with Gasteiger partial charge < -0.3 is 16.0 Å². The monoisotopic (exact) mass is 481 g/mol. The maximum Gasteiger partial charge on any atom is 0.300 e. The normalized spacial score (nSPS) is 13.6. The Morgan fingerprint density at radius 2 is 1.89 bits per heavy atom. The molecular weight excluding hydrogens is 457 g/mol. The molecule has 1 aliphatic heterocycles. The first kappa shape index (κ1) is 23.2. The lowest BCUT2D eigenvalue weighted by Crippen LogP contribution is -2.55. The molecule has 1 fully saturated rings. The number of nitrogens with one attached hydrogen (secondary N) is 3. The van der Waals surface area contributed by atoms with Gasteiger partial charge in [0.25, 0.3) is 5.91 Å². The number of rotatable bonds is 8. The van der Waals surface area contributed by atoms with Crippen LogP contribution in [0.5, 0.6) is 0 Å². The number of carbonyl (C=O) groups excluding carboxylic acids is 1. The zero-order valence-electron chi connectivity index (χ0n) is 19.4. The molecule has 2 aromatic heterocycles. The number of halogens is 1. The van der Waals surface area contributed by atoms with Crippen LogP contribution in [0, 0.1) is 12.3 Å². The van der Waals surface area contributed by atoms with Crippen molar-refractivity contribution >= 4 is 39.8 Å². The molecule has 0 aliphatic carbocycles. The van der Waals surface area contributed by atoms with Gasteiger partial charge in [-0.15, -0.1) is 6.42 Å². The highest BCUT2D eigenvalue weighted by Crippen LogP contribution is 2.28. The number of aromatic nitrogens is 3. The number of alkyl halides is 1.